The number of amides is 2. The molecule has 4 aromatic rings. The Morgan fingerprint density at radius 3 is 2.21 bits per heavy atom. The van der Waals surface area contributed by atoms with Crippen molar-refractivity contribution >= 4 is 17.6 Å². The van der Waals surface area contributed by atoms with Crippen LogP contribution in [-0.4, -0.2) is 51.8 Å². The third kappa shape index (κ3) is 6.76. The molecule has 0 atom stereocenters. The number of carbonyl (C=O) groups is 2. The summed E-state index contributed by atoms with van der Waals surface area (Å²) in [6.07, 6.45) is 8.43. The number of hydrogen-bond donors (Lipinski definition) is 2. The quantitative estimate of drug-likeness (QED) is 0.318. The first-order chi connectivity index (χ1) is 16.7. The number of aromatic nitrogens is 8. The zero-order chi connectivity index (χ0) is 23.6. The fraction of sp³-hybridized carbons (Fsp3) is 0.273. The molecular formula is C22H24N10O2. The Morgan fingerprint density at radius 1 is 0.824 bits per heavy atom. The highest BCUT2D eigenvalue weighted by atomic mass is 16.2. The van der Waals surface area contributed by atoms with E-state index in [0.29, 0.717) is 31.1 Å². The monoisotopic (exact) mass is 460 g/mol. The van der Waals surface area contributed by atoms with Crippen molar-refractivity contribution in [2.75, 3.05) is 5.32 Å². The summed E-state index contributed by atoms with van der Waals surface area (Å²) < 4.78 is 3.31. The maximum Gasteiger partial charge on any atom is 0.273 e. The van der Waals surface area contributed by atoms with Gasteiger partial charge in [0.15, 0.2) is 11.5 Å². The summed E-state index contributed by atoms with van der Waals surface area (Å²) >= 11 is 0. The van der Waals surface area contributed by atoms with Gasteiger partial charge in [-0.25, -0.2) is 0 Å². The van der Waals surface area contributed by atoms with Gasteiger partial charge in [-0.3, -0.25) is 28.9 Å². The van der Waals surface area contributed by atoms with Crippen molar-refractivity contribution < 1.29 is 9.59 Å². The second kappa shape index (κ2) is 11.4. The smallest absolute Gasteiger partial charge is 0.273 e. The van der Waals surface area contributed by atoms with Crippen molar-refractivity contribution in [3.8, 4) is 0 Å². The molecule has 2 N–H and O–H groups in total. The largest absolute Gasteiger partial charge is 0.345 e. The average Bonchev–Trinajstić information content (AvgIpc) is 3.51. The van der Waals surface area contributed by atoms with Crippen molar-refractivity contribution in [2.24, 2.45) is 0 Å². The SMILES string of the molecule is O=C(Cc1ccccn1)Nc1cn(CCCCn2cc(C(=O)NCc3ccccn3)nn2)nn1. The minimum absolute atomic E-state index is 0.175. The maximum atomic E-state index is 12.2. The fourth-order valence-electron chi connectivity index (χ4n) is 3.14. The zero-order valence-electron chi connectivity index (χ0n) is 18.4. The summed E-state index contributed by atoms with van der Waals surface area (Å²) in [6, 6.07) is 11.0. The van der Waals surface area contributed by atoms with Crippen molar-refractivity contribution in [2.45, 2.75) is 38.9 Å². The molecule has 0 radical (unpaired) electrons. The Morgan fingerprint density at radius 2 is 1.50 bits per heavy atom. The number of aryl methyl sites for hydroxylation is 2. The molecule has 2 amide bonds. The van der Waals surface area contributed by atoms with Crippen LogP contribution in [0.15, 0.2) is 61.2 Å². The Balaban J connectivity index is 1.15. The molecular weight excluding hydrogens is 436 g/mol. The zero-order valence-corrected chi connectivity index (χ0v) is 18.4. The molecule has 0 unspecified atom stereocenters. The summed E-state index contributed by atoms with van der Waals surface area (Å²) in [4.78, 5) is 32.6. The lowest BCUT2D eigenvalue weighted by Crippen LogP contribution is -2.23. The first-order valence-corrected chi connectivity index (χ1v) is 10.8. The summed E-state index contributed by atoms with van der Waals surface area (Å²) in [5.41, 5.74) is 1.72. The molecule has 0 aliphatic rings. The van der Waals surface area contributed by atoms with Crippen LogP contribution in [0, 0.1) is 0 Å². The lowest BCUT2D eigenvalue weighted by atomic mass is 10.2. The van der Waals surface area contributed by atoms with E-state index in [1.165, 1.54) is 0 Å². The highest BCUT2D eigenvalue weighted by Gasteiger charge is 2.11. The Hall–Kier alpha value is -4.48. The number of carbonyl (C=O) groups excluding carboxylic acids is 2. The minimum Gasteiger partial charge on any atom is -0.345 e. The van der Waals surface area contributed by atoms with Crippen LogP contribution in [0.1, 0.15) is 34.7 Å². The van der Waals surface area contributed by atoms with Gasteiger partial charge >= 0.3 is 0 Å². The molecule has 0 fully saturated rings. The van der Waals surface area contributed by atoms with Gasteiger partial charge in [-0.15, -0.1) is 10.2 Å². The van der Waals surface area contributed by atoms with Gasteiger partial charge in [0, 0.05) is 31.2 Å². The lowest BCUT2D eigenvalue weighted by Gasteiger charge is -2.02. The summed E-state index contributed by atoms with van der Waals surface area (Å²) in [6.45, 7) is 1.58. The highest BCUT2D eigenvalue weighted by molar-refractivity contribution is 5.91. The van der Waals surface area contributed by atoms with Gasteiger partial charge in [-0.2, -0.15) is 0 Å². The molecule has 0 spiro atoms. The van der Waals surface area contributed by atoms with Crippen molar-refractivity contribution in [3.05, 3.63) is 78.3 Å². The van der Waals surface area contributed by atoms with Gasteiger partial charge < -0.3 is 10.6 Å². The molecule has 0 aliphatic carbocycles. The highest BCUT2D eigenvalue weighted by Crippen LogP contribution is 2.05. The van der Waals surface area contributed by atoms with Crippen molar-refractivity contribution in [1.29, 1.82) is 0 Å². The van der Waals surface area contributed by atoms with Crippen molar-refractivity contribution in [1.82, 2.24) is 45.3 Å². The van der Waals surface area contributed by atoms with Crippen molar-refractivity contribution in [3.63, 3.8) is 0 Å². The molecule has 0 aromatic carbocycles. The van der Waals surface area contributed by atoms with Crippen LogP contribution in [-0.2, 0) is 30.8 Å². The number of rotatable bonds is 11. The normalized spacial score (nSPS) is 10.7. The molecule has 0 saturated heterocycles. The molecule has 0 bridgehead atoms. The number of nitrogens with zero attached hydrogens (tertiary/aromatic N) is 8. The predicted molar refractivity (Wildman–Crippen MR) is 121 cm³/mol. The van der Waals surface area contributed by atoms with E-state index in [0.717, 1.165) is 18.5 Å². The number of nitrogens with one attached hydrogen (secondary N) is 2. The van der Waals surface area contributed by atoms with Gasteiger partial charge in [0.2, 0.25) is 5.91 Å². The lowest BCUT2D eigenvalue weighted by molar-refractivity contribution is -0.115. The van der Waals surface area contributed by atoms with E-state index in [1.54, 1.807) is 46.3 Å². The van der Waals surface area contributed by atoms with E-state index in [1.807, 2.05) is 24.3 Å². The van der Waals surface area contributed by atoms with Crippen LogP contribution in [0.2, 0.25) is 0 Å². The number of hydrogen-bond acceptors (Lipinski definition) is 8. The molecule has 4 rings (SSSR count). The van der Waals surface area contributed by atoms with Gasteiger partial charge in [0.05, 0.1) is 31.1 Å². The number of anilines is 1. The third-order valence-corrected chi connectivity index (χ3v) is 4.83. The van der Waals surface area contributed by atoms with Crippen LogP contribution >= 0.6 is 0 Å². The molecule has 12 nitrogen and oxygen atoms in total. The van der Waals surface area contributed by atoms with E-state index in [-0.39, 0.29) is 23.9 Å². The maximum absolute atomic E-state index is 12.2. The molecule has 4 aromatic heterocycles. The Bertz CT molecular complexity index is 1210. The van der Waals surface area contributed by atoms with Crippen LogP contribution in [0.3, 0.4) is 0 Å². The van der Waals surface area contributed by atoms with Crippen LogP contribution in [0.4, 0.5) is 5.82 Å². The predicted octanol–water partition coefficient (Wildman–Crippen LogP) is 1.25. The van der Waals surface area contributed by atoms with Gasteiger partial charge in [-0.1, -0.05) is 22.6 Å². The molecule has 0 aliphatic heterocycles. The van der Waals surface area contributed by atoms with Gasteiger partial charge in [0.1, 0.15) is 0 Å². The molecule has 12 heteroatoms. The van der Waals surface area contributed by atoms with E-state index in [4.69, 9.17) is 0 Å². The van der Waals surface area contributed by atoms with Crippen LogP contribution in [0.25, 0.3) is 0 Å². The Kier molecular flexibility index (Phi) is 7.62. The van der Waals surface area contributed by atoms with Crippen LogP contribution in [0.5, 0.6) is 0 Å². The molecule has 174 valence electrons. The van der Waals surface area contributed by atoms with E-state index < -0.39 is 0 Å². The first kappa shape index (κ1) is 22.7. The summed E-state index contributed by atoms with van der Waals surface area (Å²) in [5.74, 6) is -0.0903. The average molecular weight is 461 g/mol. The minimum atomic E-state index is -0.294. The molecule has 0 saturated carbocycles. The summed E-state index contributed by atoms with van der Waals surface area (Å²) in [5, 5.41) is 21.5. The standard InChI is InChI=1S/C22H24N10O2/c33-21(13-17-7-1-3-9-23-17)26-20-16-32(30-28-20)12-6-5-11-31-15-19(27-29-31)22(34)25-14-18-8-2-4-10-24-18/h1-4,7-10,15-16H,5-6,11-14H2,(H,25,34)(H,26,33). The second-order valence-electron chi connectivity index (χ2n) is 7.49. The van der Waals surface area contributed by atoms with E-state index >= 15 is 0 Å². The number of pyridine rings is 2. The summed E-state index contributed by atoms with van der Waals surface area (Å²) in [7, 11) is 0. The second-order valence-corrected chi connectivity index (χ2v) is 7.49. The van der Waals surface area contributed by atoms with Crippen LogP contribution < -0.4 is 10.6 Å². The Labute approximate surface area is 195 Å². The van der Waals surface area contributed by atoms with E-state index in [9.17, 15) is 9.59 Å². The van der Waals surface area contributed by atoms with E-state index in [2.05, 4.69) is 41.2 Å². The first-order valence-electron chi connectivity index (χ1n) is 10.8. The fourth-order valence-corrected chi connectivity index (χ4v) is 3.14. The van der Waals surface area contributed by atoms with Gasteiger partial charge in [0.25, 0.3) is 5.91 Å². The topological polar surface area (TPSA) is 145 Å². The number of unbranched alkanes of at least 4 members (excludes halogenated alkanes) is 1. The third-order valence-electron chi connectivity index (χ3n) is 4.83. The molecule has 34 heavy (non-hydrogen) atoms. The molecule has 4 heterocycles. The van der Waals surface area contributed by atoms with Gasteiger partial charge in [-0.05, 0) is 37.1 Å².